The Labute approximate surface area is 152 Å². The summed E-state index contributed by atoms with van der Waals surface area (Å²) < 4.78 is 0. The molecule has 0 radical (unpaired) electrons. The highest BCUT2D eigenvalue weighted by Crippen LogP contribution is 2.29. The van der Waals surface area contributed by atoms with Crippen LogP contribution in [0.1, 0.15) is 29.2 Å². The number of nitrogens with one attached hydrogen (secondary N) is 1. The van der Waals surface area contributed by atoms with Gasteiger partial charge in [0.2, 0.25) is 11.8 Å². The number of aryl methyl sites for hydroxylation is 2. The van der Waals surface area contributed by atoms with Crippen LogP contribution in [0, 0.1) is 6.92 Å². The van der Waals surface area contributed by atoms with E-state index in [2.05, 4.69) is 10.3 Å². The number of hydrogen-bond donors (Lipinski definition) is 1. The predicted molar refractivity (Wildman–Crippen MR) is 96.2 cm³/mol. The number of halogens is 1. The van der Waals surface area contributed by atoms with Crippen LogP contribution in [-0.4, -0.2) is 34.8 Å². The van der Waals surface area contributed by atoms with E-state index in [1.165, 1.54) is 0 Å². The molecule has 1 aliphatic heterocycles. The van der Waals surface area contributed by atoms with Gasteiger partial charge < -0.3 is 10.2 Å². The number of amides is 2. The molecule has 0 saturated carbocycles. The summed E-state index contributed by atoms with van der Waals surface area (Å²) in [5.74, 6) is -0.244. The van der Waals surface area contributed by atoms with Crippen molar-refractivity contribution in [3.63, 3.8) is 0 Å². The number of benzene rings is 1. The maximum absolute atomic E-state index is 12.8. The first kappa shape index (κ1) is 17.4. The number of rotatable bonds is 4. The van der Waals surface area contributed by atoms with Crippen LogP contribution in [-0.2, 0) is 16.0 Å². The molecule has 0 bridgehead atoms. The van der Waals surface area contributed by atoms with Crippen molar-refractivity contribution in [3.05, 3.63) is 64.4 Å². The molecule has 5 nitrogen and oxygen atoms in total. The van der Waals surface area contributed by atoms with E-state index in [0.29, 0.717) is 36.5 Å². The zero-order chi connectivity index (χ0) is 17.8. The SMILES string of the molecule is Cc1cncc(CCC(=O)N2CCNC(=O)C2c2ccccc2Cl)c1. The van der Waals surface area contributed by atoms with Gasteiger partial charge in [0.25, 0.3) is 0 Å². The lowest BCUT2D eigenvalue weighted by Gasteiger charge is -2.35. The monoisotopic (exact) mass is 357 g/mol. The van der Waals surface area contributed by atoms with E-state index in [1.54, 1.807) is 29.4 Å². The Kier molecular flexibility index (Phi) is 5.34. The third-order valence-corrected chi connectivity index (χ3v) is 4.64. The summed E-state index contributed by atoms with van der Waals surface area (Å²) in [5.41, 5.74) is 2.74. The minimum absolute atomic E-state index is 0.0544. The number of pyridine rings is 1. The Bertz CT molecular complexity index is 794. The highest BCUT2D eigenvalue weighted by atomic mass is 35.5. The van der Waals surface area contributed by atoms with Crippen LogP contribution in [0.15, 0.2) is 42.7 Å². The van der Waals surface area contributed by atoms with Crippen LogP contribution in [0.25, 0.3) is 0 Å². The fraction of sp³-hybridized carbons (Fsp3) is 0.316. The molecule has 1 aliphatic rings. The fourth-order valence-corrected chi connectivity index (χ4v) is 3.33. The molecule has 1 aromatic carbocycles. The molecular weight excluding hydrogens is 338 g/mol. The van der Waals surface area contributed by atoms with Gasteiger partial charge in [0.1, 0.15) is 6.04 Å². The minimum atomic E-state index is -0.675. The topological polar surface area (TPSA) is 62.3 Å². The Balaban J connectivity index is 1.77. The van der Waals surface area contributed by atoms with Gasteiger partial charge in [-0.3, -0.25) is 14.6 Å². The quantitative estimate of drug-likeness (QED) is 0.915. The van der Waals surface area contributed by atoms with E-state index in [1.807, 2.05) is 25.1 Å². The highest BCUT2D eigenvalue weighted by molar-refractivity contribution is 6.31. The van der Waals surface area contributed by atoms with E-state index in [4.69, 9.17) is 11.6 Å². The van der Waals surface area contributed by atoms with Crippen LogP contribution < -0.4 is 5.32 Å². The van der Waals surface area contributed by atoms with Crippen LogP contribution in [0.3, 0.4) is 0 Å². The second kappa shape index (κ2) is 7.66. The standard InChI is InChI=1S/C19H20ClN3O2/c1-13-10-14(12-21-11-13)6-7-17(24)23-9-8-22-19(25)18(23)15-4-2-3-5-16(15)20/h2-5,10-12,18H,6-9H2,1H3,(H,22,25). The van der Waals surface area contributed by atoms with E-state index < -0.39 is 6.04 Å². The van der Waals surface area contributed by atoms with Crippen molar-refractivity contribution in [1.29, 1.82) is 0 Å². The molecule has 130 valence electrons. The van der Waals surface area contributed by atoms with Crippen molar-refractivity contribution in [2.75, 3.05) is 13.1 Å². The Morgan fingerprint density at radius 1 is 1.36 bits per heavy atom. The fourth-order valence-electron chi connectivity index (χ4n) is 3.09. The van der Waals surface area contributed by atoms with E-state index in [9.17, 15) is 9.59 Å². The average Bonchev–Trinajstić information content (AvgIpc) is 2.60. The van der Waals surface area contributed by atoms with Crippen molar-refractivity contribution in [2.24, 2.45) is 0 Å². The number of hydrogen-bond acceptors (Lipinski definition) is 3. The first-order chi connectivity index (χ1) is 12.1. The summed E-state index contributed by atoms with van der Waals surface area (Å²) in [6, 6.07) is 8.51. The maximum Gasteiger partial charge on any atom is 0.247 e. The summed E-state index contributed by atoms with van der Waals surface area (Å²) in [6.07, 6.45) is 4.49. The van der Waals surface area contributed by atoms with Gasteiger partial charge in [0, 0.05) is 42.5 Å². The smallest absolute Gasteiger partial charge is 0.247 e. The maximum atomic E-state index is 12.8. The summed E-state index contributed by atoms with van der Waals surface area (Å²) >= 11 is 6.26. The predicted octanol–water partition coefficient (Wildman–Crippen LogP) is 2.68. The molecule has 2 aromatic rings. The molecule has 1 N–H and O–H groups in total. The third-order valence-electron chi connectivity index (χ3n) is 4.29. The Hall–Kier alpha value is -2.40. The molecule has 3 rings (SSSR count). The van der Waals surface area contributed by atoms with Gasteiger partial charge in [-0.05, 0) is 30.5 Å². The van der Waals surface area contributed by atoms with Gasteiger partial charge in [0.05, 0.1) is 0 Å². The molecule has 25 heavy (non-hydrogen) atoms. The first-order valence-corrected chi connectivity index (χ1v) is 8.66. The highest BCUT2D eigenvalue weighted by Gasteiger charge is 2.35. The van der Waals surface area contributed by atoms with Crippen molar-refractivity contribution in [2.45, 2.75) is 25.8 Å². The van der Waals surface area contributed by atoms with Gasteiger partial charge in [0.15, 0.2) is 0 Å². The zero-order valence-corrected chi connectivity index (χ0v) is 14.8. The summed E-state index contributed by atoms with van der Waals surface area (Å²) in [6.45, 7) is 2.91. The van der Waals surface area contributed by atoms with Gasteiger partial charge >= 0.3 is 0 Å². The van der Waals surface area contributed by atoms with E-state index >= 15 is 0 Å². The largest absolute Gasteiger partial charge is 0.352 e. The van der Waals surface area contributed by atoms with Crippen LogP contribution in [0.4, 0.5) is 0 Å². The lowest BCUT2D eigenvalue weighted by atomic mass is 10.0. The van der Waals surface area contributed by atoms with Crippen molar-refractivity contribution in [1.82, 2.24) is 15.2 Å². The van der Waals surface area contributed by atoms with Crippen LogP contribution in [0.5, 0.6) is 0 Å². The molecule has 0 spiro atoms. The molecule has 2 amide bonds. The van der Waals surface area contributed by atoms with Crippen molar-refractivity contribution >= 4 is 23.4 Å². The van der Waals surface area contributed by atoms with Crippen LogP contribution in [0.2, 0.25) is 5.02 Å². The van der Waals surface area contributed by atoms with E-state index in [-0.39, 0.29) is 11.8 Å². The molecule has 0 aliphatic carbocycles. The number of nitrogens with zero attached hydrogens (tertiary/aromatic N) is 2. The molecular formula is C19H20ClN3O2. The van der Waals surface area contributed by atoms with Gasteiger partial charge in [-0.2, -0.15) is 0 Å². The van der Waals surface area contributed by atoms with Crippen molar-refractivity contribution in [3.8, 4) is 0 Å². The number of aromatic nitrogens is 1. The second-order valence-electron chi connectivity index (χ2n) is 6.17. The molecule has 1 atom stereocenters. The first-order valence-electron chi connectivity index (χ1n) is 8.28. The molecule has 1 aromatic heterocycles. The molecule has 1 saturated heterocycles. The molecule has 2 heterocycles. The van der Waals surface area contributed by atoms with Gasteiger partial charge in [-0.15, -0.1) is 0 Å². The minimum Gasteiger partial charge on any atom is -0.352 e. The third kappa shape index (κ3) is 3.99. The molecule has 6 heteroatoms. The lowest BCUT2D eigenvalue weighted by molar-refractivity contribution is -0.143. The van der Waals surface area contributed by atoms with Crippen LogP contribution >= 0.6 is 11.6 Å². The number of piperazine rings is 1. The normalized spacial score (nSPS) is 17.3. The van der Waals surface area contributed by atoms with Crippen molar-refractivity contribution < 1.29 is 9.59 Å². The average molecular weight is 358 g/mol. The lowest BCUT2D eigenvalue weighted by Crippen LogP contribution is -2.52. The molecule has 1 fully saturated rings. The molecule has 1 unspecified atom stereocenters. The second-order valence-corrected chi connectivity index (χ2v) is 6.58. The number of carbonyl (C=O) groups excluding carboxylic acids is 2. The van der Waals surface area contributed by atoms with Gasteiger partial charge in [-0.1, -0.05) is 35.9 Å². The summed E-state index contributed by atoms with van der Waals surface area (Å²) in [5, 5.41) is 3.31. The summed E-state index contributed by atoms with van der Waals surface area (Å²) in [4.78, 5) is 31.0. The van der Waals surface area contributed by atoms with Gasteiger partial charge in [-0.25, -0.2) is 0 Å². The number of carbonyl (C=O) groups is 2. The van der Waals surface area contributed by atoms with E-state index in [0.717, 1.165) is 11.1 Å². The Morgan fingerprint density at radius 2 is 2.16 bits per heavy atom. The zero-order valence-electron chi connectivity index (χ0n) is 14.0. The summed E-state index contributed by atoms with van der Waals surface area (Å²) in [7, 11) is 0. The Morgan fingerprint density at radius 3 is 2.92 bits per heavy atom.